The molecular formula is C46H83N2O6P. The topological polar surface area (TPSA) is 131 Å². The predicted molar refractivity (Wildman–Crippen MR) is 235 cm³/mol. The lowest BCUT2D eigenvalue weighted by Gasteiger charge is -2.25. The first-order valence-electron chi connectivity index (χ1n) is 22.1. The average molecular weight is 791 g/mol. The Morgan fingerprint density at radius 3 is 1.55 bits per heavy atom. The van der Waals surface area contributed by atoms with E-state index < -0.39 is 20.0 Å². The number of carbonyl (C=O) groups excluding carboxylic acids is 1. The number of amides is 1. The van der Waals surface area contributed by atoms with E-state index in [2.05, 4.69) is 92.1 Å². The number of rotatable bonds is 40. The van der Waals surface area contributed by atoms with E-state index in [1.807, 2.05) is 0 Å². The number of hydrogen-bond donors (Lipinski definition) is 4. The fourth-order valence-electron chi connectivity index (χ4n) is 6.02. The number of hydrogen-bond acceptors (Lipinski definition) is 6. The van der Waals surface area contributed by atoms with Gasteiger partial charge in [-0.1, -0.05) is 183 Å². The zero-order chi connectivity index (χ0) is 40.3. The van der Waals surface area contributed by atoms with E-state index in [9.17, 15) is 19.4 Å². The van der Waals surface area contributed by atoms with Gasteiger partial charge in [0.25, 0.3) is 0 Å². The van der Waals surface area contributed by atoms with Crippen LogP contribution in [0, 0.1) is 0 Å². The molecule has 0 radical (unpaired) electrons. The first kappa shape index (κ1) is 52.9. The number of unbranched alkanes of at least 4 members (excludes halogenated alkanes) is 16. The second-order valence-electron chi connectivity index (χ2n) is 14.5. The monoisotopic (exact) mass is 791 g/mol. The highest BCUT2D eigenvalue weighted by Gasteiger charge is 2.27. The van der Waals surface area contributed by atoms with Crippen molar-refractivity contribution in [3.05, 3.63) is 72.9 Å². The van der Waals surface area contributed by atoms with E-state index in [0.29, 0.717) is 12.8 Å². The summed E-state index contributed by atoms with van der Waals surface area (Å²) in [6.07, 6.45) is 53.4. The van der Waals surface area contributed by atoms with Gasteiger partial charge in [-0.25, -0.2) is 4.57 Å². The average Bonchev–Trinajstić information content (AvgIpc) is 3.17. The summed E-state index contributed by atoms with van der Waals surface area (Å²) in [4.78, 5) is 22.7. The third-order valence-electron chi connectivity index (χ3n) is 9.32. The maximum atomic E-state index is 12.8. The summed E-state index contributed by atoms with van der Waals surface area (Å²) in [5.74, 6) is -0.189. The predicted octanol–water partition coefficient (Wildman–Crippen LogP) is 12.4. The highest BCUT2D eigenvalue weighted by atomic mass is 31.2. The minimum atomic E-state index is -4.33. The van der Waals surface area contributed by atoms with Crippen LogP contribution in [0.3, 0.4) is 0 Å². The normalized spacial score (nSPS) is 14.8. The lowest BCUT2D eigenvalue weighted by Crippen LogP contribution is -2.46. The molecule has 318 valence electrons. The molecule has 0 saturated carbocycles. The molecule has 3 unspecified atom stereocenters. The van der Waals surface area contributed by atoms with Crippen molar-refractivity contribution >= 4 is 13.7 Å². The standard InChI is InChI=1S/C46H83N2O6P/c1-3-5-7-9-11-13-15-17-18-19-20-21-22-23-24-25-26-28-30-32-34-36-38-40-46(50)48-44(43-54-55(51,52)53-42-41-47)45(49)39-37-35-33-31-29-27-16-14-12-10-8-6-4-2/h5,7,11,13,17-18,20-21,23-24,26,28,44-45,49H,3-4,6,8-10,12,14-16,19,22,25,27,29-43,47H2,1-2H3,(H,48,50)(H,51,52)/b7-5-,13-11-,18-17-,21-20-,24-23-,28-26-. The minimum absolute atomic E-state index is 0.0805. The first-order valence-corrected chi connectivity index (χ1v) is 23.5. The Kier molecular flexibility index (Phi) is 40.0. The van der Waals surface area contributed by atoms with Crippen molar-refractivity contribution in [3.63, 3.8) is 0 Å². The molecular weight excluding hydrogens is 707 g/mol. The van der Waals surface area contributed by atoms with Crippen LogP contribution in [-0.4, -0.2) is 47.8 Å². The second-order valence-corrected chi connectivity index (χ2v) is 16.0. The van der Waals surface area contributed by atoms with Gasteiger partial charge in [-0.05, 0) is 64.2 Å². The lowest BCUT2D eigenvalue weighted by atomic mass is 10.0. The van der Waals surface area contributed by atoms with Gasteiger partial charge in [0.2, 0.25) is 5.91 Å². The van der Waals surface area contributed by atoms with Gasteiger partial charge in [0, 0.05) is 13.0 Å². The SMILES string of the molecule is CC/C=C\C/C=C\C/C=C\C/C=C\C/C=C\C/C=C\CCCCCCC(=O)NC(COP(=O)(O)OCCN)C(O)CCCCCCCCCCCCCCC. The number of aliphatic hydroxyl groups is 1. The molecule has 55 heavy (non-hydrogen) atoms. The number of allylic oxidation sites excluding steroid dienone is 12. The van der Waals surface area contributed by atoms with Crippen molar-refractivity contribution in [1.29, 1.82) is 0 Å². The van der Waals surface area contributed by atoms with E-state index in [4.69, 9.17) is 14.8 Å². The maximum absolute atomic E-state index is 12.8. The lowest BCUT2D eigenvalue weighted by molar-refractivity contribution is -0.123. The molecule has 0 bridgehead atoms. The highest BCUT2D eigenvalue weighted by Crippen LogP contribution is 2.43. The molecule has 0 aromatic heterocycles. The summed E-state index contributed by atoms with van der Waals surface area (Å²) in [6, 6.07) is -0.792. The summed E-state index contributed by atoms with van der Waals surface area (Å²) >= 11 is 0. The molecule has 0 saturated heterocycles. The number of phosphoric ester groups is 1. The Hall–Kier alpha value is -2.06. The number of phosphoric acid groups is 1. The fraction of sp³-hybridized carbons (Fsp3) is 0.717. The van der Waals surface area contributed by atoms with Gasteiger partial charge in [-0.2, -0.15) is 0 Å². The zero-order valence-corrected chi connectivity index (χ0v) is 36.0. The van der Waals surface area contributed by atoms with Crippen LogP contribution in [0.5, 0.6) is 0 Å². The summed E-state index contributed by atoms with van der Waals surface area (Å²) in [6.45, 7) is 4.06. The smallest absolute Gasteiger partial charge is 0.391 e. The third kappa shape index (κ3) is 40.0. The van der Waals surface area contributed by atoms with Crippen LogP contribution in [0.4, 0.5) is 0 Å². The van der Waals surface area contributed by atoms with Crippen molar-refractivity contribution in [2.24, 2.45) is 5.73 Å². The number of aliphatic hydroxyl groups excluding tert-OH is 1. The van der Waals surface area contributed by atoms with Crippen LogP contribution < -0.4 is 11.1 Å². The molecule has 0 fully saturated rings. The highest BCUT2D eigenvalue weighted by molar-refractivity contribution is 7.47. The zero-order valence-electron chi connectivity index (χ0n) is 35.1. The van der Waals surface area contributed by atoms with Gasteiger partial charge in [0.1, 0.15) is 0 Å². The van der Waals surface area contributed by atoms with Gasteiger partial charge in [0.05, 0.1) is 25.4 Å². The number of nitrogens with one attached hydrogen (secondary N) is 1. The van der Waals surface area contributed by atoms with Crippen LogP contribution >= 0.6 is 7.82 Å². The Bertz CT molecular complexity index is 1090. The van der Waals surface area contributed by atoms with E-state index in [0.717, 1.165) is 89.9 Å². The Morgan fingerprint density at radius 2 is 1.05 bits per heavy atom. The molecule has 0 aliphatic heterocycles. The molecule has 0 rings (SSSR count). The Morgan fingerprint density at radius 1 is 0.618 bits per heavy atom. The quantitative estimate of drug-likeness (QED) is 0.0276. The molecule has 5 N–H and O–H groups in total. The summed E-state index contributed by atoms with van der Waals surface area (Å²) < 4.78 is 22.2. The molecule has 0 aromatic rings. The van der Waals surface area contributed by atoms with Crippen molar-refractivity contribution in [2.45, 2.75) is 193 Å². The summed E-state index contributed by atoms with van der Waals surface area (Å²) in [5, 5.41) is 13.8. The summed E-state index contributed by atoms with van der Waals surface area (Å²) in [7, 11) is -4.33. The van der Waals surface area contributed by atoms with Gasteiger partial charge in [0.15, 0.2) is 0 Å². The molecule has 1 amide bonds. The van der Waals surface area contributed by atoms with Crippen molar-refractivity contribution in [2.75, 3.05) is 19.8 Å². The molecule has 0 aliphatic carbocycles. The van der Waals surface area contributed by atoms with E-state index >= 15 is 0 Å². The van der Waals surface area contributed by atoms with E-state index in [-0.39, 0.29) is 25.7 Å². The number of nitrogens with two attached hydrogens (primary N) is 1. The van der Waals surface area contributed by atoms with Crippen LogP contribution in [0.15, 0.2) is 72.9 Å². The Balaban J connectivity index is 4.22. The van der Waals surface area contributed by atoms with Gasteiger partial charge in [-0.3, -0.25) is 13.8 Å². The molecule has 9 heteroatoms. The maximum Gasteiger partial charge on any atom is 0.472 e. The van der Waals surface area contributed by atoms with Crippen molar-refractivity contribution in [1.82, 2.24) is 5.32 Å². The Labute approximate surface area is 337 Å². The molecule has 8 nitrogen and oxygen atoms in total. The van der Waals surface area contributed by atoms with Gasteiger partial charge >= 0.3 is 7.82 Å². The van der Waals surface area contributed by atoms with Crippen LogP contribution in [-0.2, 0) is 18.4 Å². The minimum Gasteiger partial charge on any atom is -0.391 e. The molecule has 0 aromatic carbocycles. The first-order chi connectivity index (χ1) is 26.9. The second kappa shape index (κ2) is 41.6. The molecule has 0 heterocycles. The largest absolute Gasteiger partial charge is 0.472 e. The van der Waals surface area contributed by atoms with Crippen LogP contribution in [0.1, 0.15) is 181 Å². The van der Waals surface area contributed by atoms with Crippen LogP contribution in [0.25, 0.3) is 0 Å². The molecule has 0 aliphatic rings. The molecule has 0 spiro atoms. The van der Waals surface area contributed by atoms with Crippen molar-refractivity contribution < 1.29 is 28.4 Å². The van der Waals surface area contributed by atoms with E-state index in [1.54, 1.807) is 0 Å². The van der Waals surface area contributed by atoms with Crippen LogP contribution in [0.2, 0.25) is 0 Å². The van der Waals surface area contributed by atoms with Gasteiger partial charge < -0.3 is 21.1 Å². The molecule has 3 atom stereocenters. The number of carbonyl (C=O) groups is 1. The van der Waals surface area contributed by atoms with Crippen molar-refractivity contribution in [3.8, 4) is 0 Å². The summed E-state index contributed by atoms with van der Waals surface area (Å²) in [5.41, 5.74) is 5.38. The van der Waals surface area contributed by atoms with E-state index in [1.165, 1.54) is 64.2 Å². The fourth-order valence-corrected chi connectivity index (χ4v) is 6.78. The third-order valence-corrected chi connectivity index (χ3v) is 10.3. The van der Waals surface area contributed by atoms with Gasteiger partial charge in [-0.15, -0.1) is 0 Å².